The van der Waals surface area contributed by atoms with Crippen molar-refractivity contribution in [1.82, 2.24) is 0 Å². The summed E-state index contributed by atoms with van der Waals surface area (Å²) in [7, 11) is 0. The van der Waals surface area contributed by atoms with Crippen LogP contribution in [0, 0.1) is 22.7 Å². The second-order valence-electron chi connectivity index (χ2n) is 12.8. The molecule has 0 saturated heterocycles. The first-order valence-corrected chi connectivity index (χ1v) is 17.0. The van der Waals surface area contributed by atoms with E-state index in [0.717, 1.165) is 9.79 Å². The molecular formula is C34H33ClF2O6S2. The van der Waals surface area contributed by atoms with Crippen LogP contribution in [0.1, 0.15) is 56.3 Å². The first-order chi connectivity index (χ1) is 21.3. The highest BCUT2D eigenvalue weighted by Gasteiger charge is 2.75. The molecule has 6 rings (SSSR count). The molecule has 45 heavy (non-hydrogen) atoms. The Labute approximate surface area is 273 Å². The molecule has 11 heteroatoms. The molecule has 0 spiro atoms. The van der Waals surface area contributed by atoms with Crippen LogP contribution in [0.3, 0.4) is 0 Å². The standard InChI is InChI=1S/C34H33ClF2O6S2/c1-31-13-11-21(38)15-20(31)5-9-25-24-12-14-33(30(42)44-18-36,32(24,2)17-28(40)34(25,31)37)43-29(41)19-3-6-22(7-4-19)45-23-8-10-27(39)26(35)16-23/h3-8,10-11,13,16,24-25,28,39-40H,9,12,14-15,17-18H2,1-2H3/t24-,25-,28-,31-,32-,33-,34-/m0/s1. The Balaban J connectivity index is 1.30. The van der Waals surface area contributed by atoms with Crippen molar-refractivity contribution in [3.63, 3.8) is 0 Å². The van der Waals surface area contributed by atoms with Gasteiger partial charge in [-0.3, -0.25) is 9.59 Å². The van der Waals surface area contributed by atoms with Crippen molar-refractivity contribution in [3.05, 3.63) is 76.9 Å². The number of allylic oxidation sites excluding steroid dienone is 4. The van der Waals surface area contributed by atoms with E-state index in [-0.39, 0.29) is 47.8 Å². The monoisotopic (exact) mass is 674 g/mol. The van der Waals surface area contributed by atoms with Crippen molar-refractivity contribution < 1.29 is 38.1 Å². The first-order valence-electron chi connectivity index (χ1n) is 14.8. The van der Waals surface area contributed by atoms with Gasteiger partial charge < -0.3 is 14.9 Å². The van der Waals surface area contributed by atoms with Crippen LogP contribution in [0.25, 0.3) is 0 Å². The van der Waals surface area contributed by atoms with E-state index in [4.69, 9.17) is 16.3 Å². The molecule has 0 amide bonds. The second-order valence-corrected chi connectivity index (χ2v) is 15.2. The van der Waals surface area contributed by atoms with Gasteiger partial charge in [0.2, 0.25) is 5.12 Å². The lowest BCUT2D eigenvalue weighted by molar-refractivity contribution is -0.209. The number of alkyl halides is 2. The van der Waals surface area contributed by atoms with Gasteiger partial charge in [-0.05, 0) is 98.8 Å². The van der Waals surface area contributed by atoms with Crippen molar-refractivity contribution in [1.29, 1.82) is 0 Å². The summed E-state index contributed by atoms with van der Waals surface area (Å²) in [5.74, 6) is -2.09. The van der Waals surface area contributed by atoms with Gasteiger partial charge >= 0.3 is 5.97 Å². The lowest BCUT2D eigenvalue weighted by Gasteiger charge is -2.62. The normalized spacial score (nSPS) is 35.2. The minimum atomic E-state index is -2.11. The van der Waals surface area contributed by atoms with E-state index in [1.165, 1.54) is 23.9 Å². The van der Waals surface area contributed by atoms with Gasteiger partial charge in [0, 0.05) is 33.0 Å². The van der Waals surface area contributed by atoms with Gasteiger partial charge in [-0.25, -0.2) is 13.6 Å². The van der Waals surface area contributed by atoms with E-state index >= 15 is 4.39 Å². The van der Waals surface area contributed by atoms with E-state index < -0.39 is 57.1 Å². The molecule has 4 aliphatic carbocycles. The molecule has 0 aromatic heterocycles. The van der Waals surface area contributed by atoms with E-state index in [1.807, 2.05) is 6.08 Å². The highest BCUT2D eigenvalue weighted by molar-refractivity contribution is 8.13. The lowest BCUT2D eigenvalue weighted by atomic mass is 9.45. The van der Waals surface area contributed by atoms with Crippen LogP contribution in [0.2, 0.25) is 5.02 Å². The number of carbonyl (C=O) groups is 3. The number of fused-ring (bicyclic) bond motifs is 5. The predicted octanol–water partition coefficient (Wildman–Crippen LogP) is 7.65. The van der Waals surface area contributed by atoms with E-state index in [0.29, 0.717) is 23.8 Å². The molecule has 0 unspecified atom stereocenters. The molecule has 0 bridgehead atoms. The van der Waals surface area contributed by atoms with Gasteiger partial charge in [-0.2, -0.15) is 0 Å². The van der Waals surface area contributed by atoms with Crippen LogP contribution in [0.5, 0.6) is 5.75 Å². The van der Waals surface area contributed by atoms with Crippen LogP contribution >= 0.6 is 35.1 Å². The number of aliphatic hydroxyl groups excluding tert-OH is 1. The molecule has 0 aliphatic heterocycles. The highest BCUT2D eigenvalue weighted by atomic mass is 35.5. The number of aliphatic hydroxyl groups is 1. The van der Waals surface area contributed by atoms with E-state index in [9.17, 15) is 29.0 Å². The summed E-state index contributed by atoms with van der Waals surface area (Å²) in [5.41, 5.74) is -5.44. The Morgan fingerprint density at radius 3 is 2.51 bits per heavy atom. The lowest BCUT2D eigenvalue weighted by Crippen LogP contribution is -2.69. The predicted molar refractivity (Wildman–Crippen MR) is 169 cm³/mol. The third-order valence-electron chi connectivity index (χ3n) is 10.8. The fourth-order valence-electron chi connectivity index (χ4n) is 8.38. The van der Waals surface area contributed by atoms with Gasteiger partial charge in [0.25, 0.3) is 0 Å². The molecule has 6 nitrogen and oxygen atoms in total. The van der Waals surface area contributed by atoms with E-state index in [1.54, 1.807) is 56.3 Å². The minimum Gasteiger partial charge on any atom is -0.506 e. The molecule has 2 aromatic carbocycles. The Kier molecular flexibility index (Phi) is 8.28. The Bertz CT molecular complexity index is 1630. The number of aromatic hydroxyl groups is 1. The number of thioether (sulfide) groups is 1. The molecule has 7 atom stereocenters. The van der Waals surface area contributed by atoms with Crippen molar-refractivity contribution in [2.24, 2.45) is 22.7 Å². The van der Waals surface area contributed by atoms with Crippen molar-refractivity contribution >= 4 is 52.0 Å². The molecule has 238 valence electrons. The molecule has 0 heterocycles. The van der Waals surface area contributed by atoms with Crippen LogP contribution in [-0.4, -0.2) is 50.5 Å². The summed E-state index contributed by atoms with van der Waals surface area (Å²) in [6.07, 6.45) is 3.90. The smallest absolute Gasteiger partial charge is 0.339 e. The zero-order valence-corrected chi connectivity index (χ0v) is 27.1. The zero-order valence-electron chi connectivity index (χ0n) is 24.7. The molecule has 0 radical (unpaired) electrons. The number of phenolic OH excluding ortho intramolecular Hbond substituents is 1. The van der Waals surface area contributed by atoms with Gasteiger partial charge in [0.05, 0.1) is 16.7 Å². The molecule has 4 aliphatic rings. The first kappa shape index (κ1) is 32.3. The topological polar surface area (TPSA) is 101 Å². The third-order valence-corrected chi connectivity index (χ3v) is 12.8. The van der Waals surface area contributed by atoms with Gasteiger partial charge in [0.1, 0.15) is 11.8 Å². The fourth-order valence-corrected chi connectivity index (χ4v) is 10.2. The Hall–Kier alpha value is -2.66. The van der Waals surface area contributed by atoms with Crippen LogP contribution < -0.4 is 0 Å². The third kappa shape index (κ3) is 4.89. The number of rotatable bonds is 6. The number of esters is 1. The maximum atomic E-state index is 17.5. The second kappa shape index (κ2) is 11.5. The highest BCUT2D eigenvalue weighted by Crippen LogP contribution is 2.70. The summed E-state index contributed by atoms with van der Waals surface area (Å²) < 4.78 is 37.3. The molecule has 2 aromatic rings. The van der Waals surface area contributed by atoms with E-state index in [2.05, 4.69) is 0 Å². The number of benzene rings is 2. The number of carbonyl (C=O) groups excluding carboxylic acids is 3. The van der Waals surface area contributed by atoms with Crippen LogP contribution in [-0.2, 0) is 14.3 Å². The average Bonchev–Trinajstić information content (AvgIpc) is 3.28. The molecule has 2 fully saturated rings. The number of hydrogen-bond donors (Lipinski definition) is 2. The molecule has 2 N–H and O–H groups in total. The summed E-state index contributed by atoms with van der Waals surface area (Å²) in [6, 6.07) is 10.4. The van der Waals surface area contributed by atoms with Crippen molar-refractivity contribution in [3.8, 4) is 5.75 Å². The number of phenols is 1. The summed E-state index contributed by atoms with van der Waals surface area (Å²) >= 11 is 7.80. The number of ether oxygens (including phenoxy) is 1. The SMILES string of the molecule is C[C@]12C=CC(=O)CC1=CC[C@H]1[C@@H]3CC[C@](OC(=O)c4ccc(Sc5ccc(O)c(Cl)c5)cc4)(C(=O)SCF)[C@@]3(C)C[C@H](O)[C@@]12F. The number of ketones is 1. The fraction of sp³-hybridized carbons (Fsp3) is 0.441. The van der Waals surface area contributed by atoms with Gasteiger partial charge in [0.15, 0.2) is 17.1 Å². The maximum Gasteiger partial charge on any atom is 0.339 e. The average molecular weight is 675 g/mol. The minimum absolute atomic E-state index is 0.0275. The molecular weight excluding hydrogens is 642 g/mol. The quantitative estimate of drug-likeness (QED) is 0.238. The summed E-state index contributed by atoms with van der Waals surface area (Å²) in [4.78, 5) is 41.1. The number of hydrogen-bond acceptors (Lipinski definition) is 8. The summed E-state index contributed by atoms with van der Waals surface area (Å²) in [6.45, 7) is 3.46. The Morgan fingerprint density at radius 2 is 1.82 bits per heavy atom. The largest absolute Gasteiger partial charge is 0.506 e. The Morgan fingerprint density at radius 1 is 1.11 bits per heavy atom. The van der Waals surface area contributed by atoms with Gasteiger partial charge in [-0.1, -0.05) is 48.0 Å². The maximum absolute atomic E-state index is 17.5. The van der Waals surface area contributed by atoms with Crippen LogP contribution in [0.15, 0.2) is 76.1 Å². The van der Waals surface area contributed by atoms with Gasteiger partial charge in [-0.15, -0.1) is 0 Å². The van der Waals surface area contributed by atoms with Crippen molar-refractivity contribution in [2.75, 3.05) is 6.01 Å². The zero-order chi connectivity index (χ0) is 32.4. The molecule has 2 saturated carbocycles. The summed E-state index contributed by atoms with van der Waals surface area (Å²) in [5, 5.41) is 20.9. The number of halogens is 3. The van der Waals surface area contributed by atoms with Crippen molar-refractivity contribution in [2.45, 2.75) is 73.1 Å². The van der Waals surface area contributed by atoms with Crippen LogP contribution in [0.4, 0.5) is 8.78 Å².